The van der Waals surface area contributed by atoms with Crippen molar-refractivity contribution in [3.05, 3.63) is 106 Å². The number of hydrogen-bond donors (Lipinski definition) is 3. The highest BCUT2D eigenvalue weighted by Gasteiger charge is 2.40. The van der Waals surface area contributed by atoms with Gasteiger partial charge in [-0.3, -0.25) is 14.3 Å². The first-order valence-corrected chi connectivity index (χ1v) is 11.2. The summed E-state index contributed by atoms with van der Waals surface area (Å²) in [6.07, 6.45) is 1.72. The third kappa shape index (κ3) is 3.73. The molecule has 1 atom stereocenters. The van der Waals surface area contributed by atoms with E-state index in [0.717, 1.165) is 17.1 Å². The fraction of sp³-hybridized carbons (Fsp3) is 0.115. The summed E-state index contributed by atoms with van der Waals surface area (Å²) >= 11 is 6.54. The van der Waals surface area contributed by atoms with Gasteiger partial charge in [-0.2, -0.15) is 5.10 Å². The molecule has 5 rings (SSSR count). The maximum absolute atomic E-state index is 13.7. The molecule has 2 heterocycles. The number of fused-ring (bicyclic) bond motifs is 2. The van der Waals surface area contributed by atoms with E-state index in [1.807, 2.05) is 31.3 Å². The van der Waals surface area contributed by atoms with E-state index in [1.54, 1.807) is 46.1 Å². The molecule has 0 saturated carbocycles. The van der Waals surface area contributed by atoms with E-state index < -0.39 is 11.5 Å². The molecule has 1 aliphatic rings. The Bertz CT molecular complexity index is 1450. The number of carbonyl (C=O) groups excluding carboxylic acids is 2. The number of anilines is 3. The summed E-state index contributed by atoms with van der Waals surface area (Å²) in [6.45, 7) is 0.292. The van der Waals surface area contributed by atoms with Crippen molar-refractivity contribution in [2.45, 2.75) is 12.1 Å². The summed E-state index contributed by atoms with van der Waals surface area (Å²) in [5, 5.41) is 19.0. The van der Waals surface area contributed by atoms with Gasteiger partial charge in [0.05, 0.1) is 24.1 Å². The Balaban J connectivity index is 1.56. The first kappa shape index (κ1) is 22.6. The molecule has 4 N–H and O–H groups in total. The number of aromatic nitrogens is 2. The SMILES string of the molecule is Cn1ncc2c1Nc1ccccc1N(C(=O)c1ccc(C(O)(C(N)=O)c3ccccc3)c(Cl)c1)C2. The molecule has 3 aromatic carbocycles. The molecule has 0 radical (unpaired) electrons. The lowest BCUT2D eigenvalue weighted by Crippen LogP contribution is -2.42. The van der Waals surface area contributed by atoms with Gasteiger partial charge < -0.3 is 21.1 Å². The van der Waals surface area contributed by atoms with E-state index in [1.165, 1.54) is 18.2 Å². The number of halogens is 1. The Morgan fingerprint density at radius 2 is 1.80 bits per heavy atom. The van der Waals surface area contributed by atoms with Crippen molar-refractivity contribution >= 4 is 40.6 Å². The minimum atomic E-state index is -2.15. The first-order chi connectivity index (χ1) is 16.8. The van der Waals surface area contributed by atoms with Gasteiger partial charge in [0.25, 0.3) is 11.8 Å². The Morgan fingerprint density at radius 1 is 1.09 bits per heavy atom. The van der Waals surface area contributed by atoms with Gasteiger partial charge in [0.2, 0.25) is 0 Å². The van der Waals surface area contributed by atoms with E-state index in [-0.39, 0.29) is 22.1 Å². The highest BCUT2D eigenvalue weighted by molar-refractivity contribution is 6.32. The molecule has 8 nitrogen and oxygen atoms in total. The maximum Gasteiger partial charge on any atom is 0.258 e. The molecule has 1 aromatic heterocycles. The molecular weight excluding hydrogens is 466 g/mol. The van der Waals surface area contributed by atoms with Crippen LogP contribution < -0.4 is 16.0 Å². The highest BCUT2D eigenvalue weighted by Crippen LogP contribution is 2.38. The van der Waals surface area contributed by atoms with Crippen LogP contribution in [-0.2, 0) is 24.0 Å². The first-order valence-electron chi connectivity index (χ1n) is 10.9. The molecule has 0 aliphatic carbocycles. The van der Waals surface area contributed by atoms with E-state index in [4.69, 9.17) is 17.3 Å². The Kier molecular flexibility index (Phi) is 5.55. The van der Waals surface area contributed by atoms with Gasteiger partial charge in [0.15, 0.2) is 5.60 Å². The molecule has 0 spiro atoms. The number of hydrogen-bond acceptors (Lipinski definition) is 5. The number of amides is 2. The summed E-state index contributed by atoms with van der Waals surface area (Å²) in [7, 11) is 1.83. The van der Waals surface area contributed by atoms with Crippen molar-refractivity contribution in [3.63, 3.8) is 0 Å². The lowest BCUT2D eigenvalue weighted by atomic mass is 9.85. The van der Waals surface area contributed by atoms with Gasteiger partial charge >= 0.3 is 0 Å². The maximum atomic E-state index is 13.7. The van der Waals surface area contributed by atoms with Crippen LogP contribution in [0.2, 0.25) is 5.02 Å². The molecule has 0 fully saturated rings. The minimum absolute atomic E-state index is 0.0456. The average Bonchev–Trinajstić information content (AvgIpc) is 3.11. The summed E-state index contributed by atoms with van der Waals surface area (Å²) in [4.78, 5) is 27.7. The fourth-order valence-corrected chi connectivity index (χ4v) is 4.66. The van der Waals surface area contributed by atoms with Crippen LogP contribution in [0.4, 0.5) is 17.2 Å². The number of rotatable bonds is 4. The number of nitrogens with zero attached hydrogens (tertiary/aromatic N) is 3. The number of primary amides is 1. The third-order valence-corrected chi connectivity index (χ3v) is 6.50. The number of aliphatic hydroxyl groups is 1. The number of nitrogens with one attached hydrogen (secondary N) is 1. The van der Waals surface area contributed by atoms with Crippen LogP contribution in [-0.4, -0.2) is 26.7 Å². The molecule has 4 aromatic rings. The van der Waals surface area contributed by atoms with Gasteiger partial charge in [-0.05, 0) is 29.8 Å². The van der Waals surface area contributed by atoms with Crippen molar-refractivity contribution in [3.8, 4) is 0 Å². The fourth-order valence-electron chi connectivity index (χ4n) is 4.35. The molecule has 0 saturated heterocycles. The van der Waals surface area contributed by atoms with Crippen molar-refractivity contribution in [2.75, 3.05) is 10.2 Å². The average molecular weight is 488 g/mol. The normalized spacial score (nSPS) is 14.2. The second-order valence-electron chi connectivity index (χ2n) is 8.31. The van der Waals surface area contributed by atoms with Crippen LogP contribution in [0.15, 0.2) is 79.0 Å². The topological polar surface area (TPSA) is 113 Å². The lowest BCUT2D eigenvalue weighted by Gasteiger charge is -2.27. The predicted molar refractivity (Wildman–Crippen MR) is 134 cm³/mol. The van der Waals surface area contributed by atoms with Crippen molar-refractivity contribution in [2.24, 2.45) is 12.8 Å². The minimum Gasteiger partial charge on any atom is -0.372 e. The summed E-state index contributed by atoms with van der Waals surface area (Å²) in [5.74, 6) is -0.469. The molecule has 35 heavy (non-hydrogen) atoms. The Hall–Kier alpha value is -4.14. The largest absolute Gasteiger partial charge is 0.372 e. The molecule has 0 bridgehead atoms. The predicted octanol–water partition coefficient (Wildman–Crippen LogP) is 3.70. The van der Waals surface area contributed by atoms with Gasteiger partial charge in [-0.1, -0.05) is 60.1 Å². The second kappa shape index (κ2) is 8.57. The van der Waals surface area contributed by atoms with Crippen LogP contribution in [0.3, 0.4) is 0 Å². The van der Waals surface area contributed by atoms with Crippen molar-refractivity contribution < 1.29 is 14.7 Å². The van der Waals surface area contributed by atoms with E-state index in [2.05, 4.69) is 10.4 Å². The van der Waals surface area contributed by atoms with Crippen LogP contribution >= 0.6 is 11.6 Å². The lowest BCUT2D eigenvalue weighted by molar-refractivity contribution is -0.133. The molecule has 176 valence electrons. The summed E-state index contributed by atoms with van der Waals surface area (Å²) in [5.41, 5.74) is 6.44. The number of aryl methyl sites for hydroxylation is 1. The molecule has 1 unspecified atom stereocenters. The third-order valence-electron chi connectivity index (χ3n) is 6.19. The van der Waals surface area contributed by atoms with E-state index in [9.17, 15) is 14.7 Å². The van der Waals surface area contributed by atoms with Crippen LogP contribution in [0.1, 0.15) is 27.0 Å². The van der Waals surface area contributed by atoms with Crippen LogP contribution in [0.5, 0.6) is 0 Å². The number of nitrogens with two attached hydrogens (primary N) is 1. The highest BCUT2D eigenvalue weighted by atomic mass is 35.5. The van der Waals surface area contributed by atoms with Gasteiger partial charge in [0, 0.05) is 28.8 Å². The summed E-state index contributed by atoms with van der Waals surface area (Å²) in [6, 6.07) is 20.2. The van der Waals surface area contributed by atoms with Gasteiger partial charge in [-0.15, -0.1) is 0 Å². The number of carbonyl (C=O) groups is 2. The monoisotopic (exact) mass is 487 g/mol. The zero-order valence-electron chi connectivity index (χ0n) is 18.8. The second-order valence-corrected chi connectivity index (χ2v) is 8.72. The van der Waals surface area contributed by atoms with Crippen LogP contribution in [0.25, 0.3) is 0 Å². The van der Waals surface area contributed by atoms with Crippen molar-refractivity contribution in [1.82, 2.24) is 9.78 Å². The Morgan fingerprint density at radius 3 is 2.51 bits per heavy atom. The quantitative estimate of drug-likeness (QED) is 0.406. The van der Waals surface area contributed by atoms with Crippen LogP contribution in [0, 0.1) is 0 Å². The molecule has 2 amide bonds. The Labute approximate surface area is 206 Å². The zero-order valence-corrected chi connectivity index (χ0v) is 19.5. The van der Waals surface area contributed by atoms with E-state index >= 15 is 0 Å². The number of para-hydroxylation sites is 2. The van der Waals surface area contributed by atoms with Gasteiger partial charge in [0.1, 0.15) is 5.82 Å². The summed E-state index contributed by atoms with van der Waals surface area (Å²) < 4.78 is 1.72. The zero-order chi connectivity index (χ0) is 24.7. The molecule has 9 heteroatoms. The smallest absolute Gasteiger partial charge is 0.258 e. The van der Waals surface area contributed by atoms with E-state index in [0.29, 0.717) is 17.8 Å². The molecular formula is C26H22ClN5O3. The standard InChI is InChI=1S/C26H22ClN5O3/c1-31-23-17(14-29-31)15-32(22-10-6-5-9-21(22)30-23)24(33)16-11-12-19(20(27)13-16)26(35,25(28)34)18-7-3-2-4-8-18/h2-14,30,35H,15H2,1H3,(H2,28,34). The van der Waals surface area contributed by atoms with Gasteiger partial charge in [-0.25, -0.2) is 0 Å². The van der Waals surface area contributed by atoms with Crippen molar-refractivity contribution in [1.29, 1.82) is 0 Å². The molecule has 1 aliphatic heterocycles. The number of benzene rings is 3.